The maximum atomic E-state index is 13.7. The van der Waals surface area contributed by atoms with Crippen LogP contribution in [0.4, 0.5) is 28.9 Å². The van der Waals surface area contributed by atoms with E-state index in [9.17, 15) is 30.8 Å². The standard InChI is InChI=1S/C21H16F4N2O3S2/c1-12(21(28)26-20-18(24)16(22)11-17(23)19(20)25)31-14-9-7-13(8-10-14)27-32(29,30)15-5-3-2-4-6-15/h2-12,27H,1H3,(H,26,28). The minimum absolute atomic E-state index is 0.0477. The molecule has 32 heavy (non-hydrogen) atoms. The quantitative estimate of drug-likeness (QED) is 0.276. The van der Waals surface area contributed by atoms with Gasteiger partial charge in [-0.25, -0.2) is 26.0 Å². The van der Waals surface area contributed by atoms with E-state index in [1.807, 2.05) is 5.32 Å². The lowest BCUT2D eigenvalue weighted by atomic mass is 10.2. The molecule has 5 nitrogen and oxygen atoms in total. The lowest BCUT2D eigenvalue weighted by Crippen LogP contribution is -2.24. The van der Waals surface area contributed by atoms with Crippen molar-refractivity contribution in [1.82, 2.24) is 0 Å². The molecule has 3 rings (SSSR count). The summed E-state index contributed by atoms with van der Waals surface area (Å²) in [5.41, 5.74) is -0.916. The van der Waals surface area contributed by atoms with Crippen molar-refractivity contribution < 1.29 is 30.8 Å². The third kappa shape index (κ3) is 5.40. The Morgan fingerprint density at radius 3 is 2.03 bits per heavy atom. The predicted octanol–water partition coefficient (Wildman–Crippen LogP) is 5.16. The summed E-state index contributed by atoms with van der Waals surface area (Å²) in [4.78, 5) is 12.9. The lowest BCUT2D eigenvalue weighted by Gasteiger charge is -2.14. The number of halogens is 4. The number of benzene rings is 3. The third-order valence-corrected chi connectivity index (χ3v) is 6.71. The monoisotopic (exact) mass is 484 g/mol. The second-order valence-corrected chi connectivity index (χ2v) is 9.63. The molecule has 0 saturated carbocycles. The molecule has 3 aromatic carbocycles. The highest BCUT2D eigenvalue weighted by molar-refractivity contribution is 8.00. The first-order valence-electron chi connectivity index (χ1n) is 9.07. The maximum absolute atomic E-state index is 13.7. The van der Waals surface area contributed by atoms with Crippen molar-refractivity contribution >= 4 is 39.1 Å². The highest BCUT2D eigenvalue weighted by Gasteiger charge is 2.23. The van der Waals surface area contributed by atoms with Crippen molar-refractivity contribution in [1.29, 1.82) is 0 Å². The van der Waals surface area contributed by atoms with Crippen LogP contribution in [0.1, 0.15) is 6.92 Å². The number of amides is 1. The molecule has 1 atom stereocenters. The highest BCUT2D eigenvalue weighted by atomic mass is 32.2. The number of hydrogen-bond acceptors (Lipinski definition) is 4. The maximum Gasteiger partial charge on any atom is 0.261 e. The van der Waals surface area contributed by atoms with Gasteiger partial charge in [0.15, 0.2) is 23.3 Å². The molecule has 0 radical (unpaired) electrons. The number of carbonyl (C=O) groups excluding carboxylic acids is 1. The molecule has 11 heteroatoms. The van der Waals surface area contributed by atoms with E-state index in [1.165, 1.54) is 31.2 Å². The van der Waals surface area contributed by atoms with Crippen molar-refractivity contribution in [3.05, 3.63) is 83.9 Å². The predicted molar refractivity (Wildman–Crippen MR) is 114 cm³/mol. The van der Waals surface area contributed by atoms with Crippen molar-refractivity contribution in [3.63, 3.8) is 0 Å². The Morgan fingerprint density at radius 2 is 1.47 bits per heavy atom. The normalized spacial score (nSPS) is 12.3. The molecule has 0 heterocycles. The lowest BCUT2D eigenvalue weighted by molar-refractivity contribution is -0.115. The average Bonchev–Trinajstić information content (AvgIpc) is 2.77. The number of sulfonamides is 1. The van der Waals surface area contributed by atoms with Gasteiger partial charge in [0.1, 0.15) is 5.69 Å². The molecule has 0 aromatic heterocycles. The van der Waals surface area contributed by atoms with Gasteiger partial charge in [-0.2, -0.15) is 0 Å². The number of anilines is 2. The Morgan fingerprint density at radius 1 is 0.906 bits per heavy atom. The molecule has 0 fully saturated rings. The van der Waals surface area contributed by atoms with Crippen LogP contribution < -0.4 is 10.0 Å². The van der Waals surface area contributed by atoms with E-state index < -0.39 is 50.1 Å². The van der Waals surface area contributed by atoms with Gasteiger partial charge in [0, 0.05) is 16.6 Å². The number of hydrogen-bond donors (Lipinski definition) is 2. The van der Waals surface area contributed by atoms with E-state index in [2.05, 4.69) is 4.72 Å². The summed E-state index contributed by atoms with van der Waals surface area (Å²) in [6, 6.07) is 13.9. The summed E-state index contributed by atoms with van der Waals surface area (Å²) in [5, 5.41) is 0.963. The molecule has 0 saturated heterocycles. The number of nitrogens with one attached hydrogen (secondary N) is 2. The van der Waals surface area contributed by atoms with Gasteiger partial charge in [-0.05, 0) is 43.3 Å². The van der Waals surface area contributed by atoms with E-state index in [0.717, 1.165) is 11.8 Å². The molecule has 0 aliphatic carbocycles. The van der Waals surface area contributed by atoms with Crippen molar-refractivity contribution in [2.45, 2.75) is 22.0 Å². The molecule has 1 unspecified atom stereocenters. The molecule has 0 spiro atoms. The smallest absolute Gasteiger partial charge is 0.261 e. The van der Waals surface area contributed by atoms with Gasteiger partial charge in [-0.15, -0.1) is 11.8 Å². The highest BCUT2D eigenvalue weighted by Crippen LogP contribution is 2.28. The zero-order valence-corrected chi connectivity index (χ0v) is 18.0. The molecule has 0 aliphatic rings. The zero-order valence-electron chi connectivity index (χ0n) is 16.4. The number of carbonyl (C=O) groups is 1. The Kier molecular flexibility index (Phi) is 7.09. The second-order valence-electron chi connectivity index (χ2n) is 6.54. The number of rotatable bonds is 7. The van der Waals surface area contributed by atoms with Crippen LogP contribution in [0, 0.1) is 23.3 Å². The van der Waals surface area contributed by atoms with Crippen LogP contribution in [0.2, 0.25) is 0 Å². The summed E-state index contributed by atoms with van der Waals surface area (Å²) >= 11 is 0.992. The fourth-order valence-electron chi connectivity index (χ4n) is 2.58. The van der Waals surface area contributed by atoms with Gasteiger partial charge >= 0.3 is 0 Å². The molecular weight excluding hydrogens is 468 g/mol. The third-order valence-electron chi connectivity index (χ3n) is 4.20. The van der Waals surface area contributed by atoms with E-state index >= 15 is 0 Å². The van der Waals surface area contributed by atoms with Crippen LogP contribution in [-0.4, -0.2) is 19.6 Å². The summed E-state index contributed by atoms with van der Waals surface area (Å²) in [6.45, 7) is 1.43. The molecule has 0 aliphatic heterocycles. The van der Waals surface area contributed by atoms with E-state index in [1.54, 1.807) is 30.3 Å². The topological polar surface area (TPSA) is 75.3 Å². The van der Waals surface area contributed by atoms with Crippen LogP contribution in [0.15, 0.2) is 70.5 Å². The van der Waals surface area contributed by atoms with Gasteiger partial charge in [0.2, 0.25) is 5.91 Å². The minimum Gasteiger partial charge on any atom is -0.320 e. The Balaban J connectivity index is 1.66. The first-order valence-corrected chi connectivity index (χ1v) is 11.4. The first-order chi connectivity index (χ1) is 15.1. The van der Waals surface area contributed by atoms with Gasteiger partial charge in [-0.1, -0.05) is 18.2 Å². The van der Waals surface area contributed by atoms with E-state index in [4.69, 9.17) is 0 Å². The van der Waals surface area contributed by atoms with Crippen LogP contribution in [0.3, 0.4) is 0 Å². The van der Waals surface area contributed by atoms with Gasteiger partial charge in [0.25, 0.3) is 10.0 Å². The summed E-state index contributed by atoms with van der Waals surface area (Å²) in [5.74, 6) is -7.55. The first kappa shape index (κ1) is 23.6. The van der Waals surface area contributed by atoms with Gasteiger partial charge in [-0.3, -0.25) is 9.52 Å². The summed E-state index contributed by atoms with van der Waals surface area (Å²) in [6.07, 6.45) is 0. The van der Waals surface area contributed by atoms with E-state index in [-0.39, 0.29) is 16.6 Å². The molecular formula is C21H16F4N2O3S2. The summed E-state index contributed by atoms with van der Waals surface area (Å²) < 4.78 is 81.2. The molecule has 168 valence electrons. The second kappa shape index (κ2) is 9.61. The van der Waals surface area contributed by atoms with Crippen LogP contribution >= 0.6 is 11.8 Å². The van der Waals surface area contributed by atoms with Crippen LogP contribution in [0.5, 0.6) is 0 Å². The molecule has 1 amide bonds. The molecule has 0 bridgehead atoms. The fraction of sp³-hybridized carbons (Fsp3) is 0.0952. The molecule has 2 N–H and O–H groups in total. The summed E-state index contributed by atoms with van der Waals surface area (Å²) in [7, 11) is -3.77. The van der Waals surface area contributed by atoms with Crippen molar-refractivity contribution in [2.24, 2.45) is 0 Å². The van der Waals surface area contributed by atoms with Gasteiger partial charge in [0.05, 0.1) is 10.1 Å². The van der Waals surface area contributed by atoms with E-state index in [0.29, 0.717) is 4.90 Å². The Hall–Kier alpha value is -3.05. The van der Waals surface area contributed by atoms with Crippen LogP contribution in [0.25, 0.3) is 0 Å². The molecule has 3 aromatic rings. The average molecular weight is 484 g/mol. The van der Waals surface area contributed by atoms with Gasteiger partial charge < -0.3 is 5.32 Å². The number of thioether (sulfide) groups is 1. The SMILES string of the molecule is CC(Sc1ccc(NS(=O)(=O)c2ccccc2)cc1)C(=O)Nc1c(F)c(F)cc(F)c1F. The Labute approximate surface area is 185 Å². The fourth-order valence-corrected chi connectivity index (χ4v) is 4.53. The zero-order chi connectivity index (χ0) is 23.5. The largest absolute Gasteiger partial charge is 0.320 e. The van der Waals surface area contributed by atoms with Crippen molar-refractivity contribution in [3.8, 4) is 0 Å². The van der Waals surface area contributed by atoms with Crippen LogP contribution in [-0.2, 0) is 14.8 Å². The minimum atomic E-state index is -3.77. The Bertz CT molecular complexity index is 1210. The van der Waals surface area contributed by atoms with Crippen molar-refractivity contribution in [2.75, 3.05) is 10.0 Å².